The van der Waals surface area contributed by atoms with Gasteiger partial charge in [0.15, 0.2) is 0 Å². The van der Waals surface area contributed by atoms with Gasteiger partial charge in [-0.25, -0.2) is 0 Å². The van der Waals surface area contributed by atoms with Gasteiger partial charge >= 0.3 is 164 Å². The maximum absolute atomic E-state index is 13.3. The van der Waals surface area contributed by atoms with Gasteiger partial charge in [0, 0.05) is 24.2 Å². The third-order valence-electron chi connectivity index (χ3n) is 5.45. The summed E-state index contributed by atoms with van der Waals surface area (Å²) in [6.07, 6.45) is 7.18. The van der Waals surface area contributed by atoms with Crippen molar-refractivity contribution in [1.82, 2.24) is 20.7 Å². The van der Waals surface area contributed by atoms with E-state index in [0.717, 1.165) is 16.7 Å². The fraction of sp³-hybridized carbons (Fsp3) is 0.0357. The molecule has 2 aromatic heterocycles. The molecule has 0 radical (unpaired) electrons. The van der Waals surface area contributed by atoms with Crippen LogP contribution in [0.1, 0.15) is 6.92 Å². The third kappa shape index (κ3) is 7.37. The second-order valence-electron chi connectivity index (χ2n) is 8.19. The number of aromatic nitrogens is 3. The largest absolute Gasteiger partial charge is 0.285 e. The molecule has 0 aliphatic carbocycles. The Kier molecular flexibility index (Phi) is 9.19. The Morgan fingerprint density at radius 3 is 2.05 bits per heavy atom. The van der Waals surface area contributed by atoms with Crippen molar-refractivity contribution in [2.45, 2.75) is 6.92 Å². The van der Waals surface area contributed by atoms with Crippen LogP contribution in [0.4, 0.5) is 4.39 Å². The van der Waals surface area contributed by atoms with Gasteiger partial charge in [0.2, 0.25) is 0 Å². The quantitative estimate of drug-likeness (QED) is 0.142. The average Bonchev–Trinajstić information content (AvgIpc) is 3.53. The van der Waals surface area contributed by atoms with Crippen LogP contribution in [-0.4, -0.2) is 40.5 Å². The average molecular weight is 590 g/mol. The maximum Gasteiger partial charge on any atom is 0.0565 e. The number of hydrogen-bond acceptors (Lipinski definition) is 7. The molecule has 3 N–H and O–H groups in total. The minimum absolute atomic E-state index is 0.0788. The van der Waals surface area contributed by atoms with E-state index in [9.17, 15) is 18.2 Å². The Morgan fingerprint density at radius 2 is 1.49 bits per heavy atom. The number of nitrogens with one attached hydrogen (secondary N) is 2. The molecular formula is C28H24AsFN4O5. The first-order valence-corrected chi connectivity index (χ1v) is 14.9. The fourth-order valence-corrected chi connectivity index (χ4v) is 5.83. The van der Waals surface area contributed by atoms with E-state index in [-0.39, 0.29) is 10.2 Å². The minimum atomic E-state index is -5.01. The van der Waals surface area contributed by atoms with Gasteiger partial charge in [-0.15, -0.1) is 0 Å². The molecular weight excluding hydrogens is 566 g/mol. The molecule has 1 unspecified atom stereocenters. The molecule has 1 atom stereocenters. The molecule has 0 spiro atoms. The first-order chi connectivity index (χ1) is 18.9. The monoisotopic (exact) mass is 590 g/mol. The molecule has 0 fully saturated rings. The number of hydroxylamine groups is 1. The first kappa shape index (κ1) is 27.7. The molecule has 5 aromatic rings. The number of carbonyl (C=O) groups excluding carboxylic acids is 1. The Balaban J connectivity index is 0.000000265. The van der Waals surface area contributed by atoms with E-state index >= 15 is 0 Å². The van der Waals surface area contributed by atoms with Crippen LogP contribution in [0.25, 0.3) is 33.4 Å². The van der Waals surface area contributed by atoms with E-state index in [1.165, 1.54) is 25.1 Å². The van der Waals surface area contributed by atoms with E-state index in [1.54, 1.807) is 36.8 Å². The Labute approximate surface area is 226 Å². The van der Waals surface area contributed by atoms with Crippen molar-refractivity contribution in [3.8, 4) is 33.4 Å². The normalized spacial score (nSPS) is 12.1. The van der Waals surface area contributed by atoms with E-state index in [0.29, 0.717) is 16.7 Å². The zero-order valence-corrected chi connectivity index (χ0v) is 22.6. The number of pyridine rings is 1. The minimum Gasteiger partial charge on any atom is -0.285 e. The summed E-state index contributed by atoms with van der Waals surface area (Å²) >= 11 is -5.01. The van der Waals surface area contributed by atoms with Gasteiger partial charge in [0.25, 0.3) is 0 Å². The van der Waals surface area contributed by atoms with Gasteiger partial charge in [0.05, 0.1) is 6.20 Å². The van der Waals surface area contributed by atoms with Crippen LogP contribution in [0.15, 0.2) is 110 Å². The fourth-order valence-electron chi connectivity index (χ4n) is 3.57. The Hall–Kier alpha value is -4.34. The van der Waals surface area contributed by atoms with Gasteiger partial charge in [-0.2, -0.15) is 5.10 Å². The number of nitrogens with zero attached hydrogens (tertiary/aromatic N) is 2. The predicted octanol–water partition coefficient (Wildman–Crippen LogP) is 4.77. The molecule has 0 aliphatic heterocycles. The van der Waals surface area contributed by atoms with Crippen LogP contribution in [0, 0.1) is 5.82 Å². The second kappa shape index (κ2) is 12.9. The third-order valence-corrected chi connectivity index (χ3v) is 8.46. The molecule has 39 heavy (non-hydrogen) atoms. The van der Waals surface area contributed by atoms with E-state index in [4.69, 9.17) is 3.83 Å². The number of H-pyrrole nitrogens is 1. The zero-order chi connectivity index (χ0) is 27.7. The number of hydrogen-bond donors (Lipinski definition) is 3. The van der Waals surface area contributed by atoms with Crippen molar-refractivity contribution in [2.24, 2.45) is 0 Å². The van der Waals surface area contributed by atoms with Gasteiger partial charge in [-0.3, -0.25) is 10.1 Å². The Morgan fingerprint density at radius 1 is 0.872 bits per heavy atom. The van der Waals surface area contributed by atoms with Crippen molar-refractivity contribution >= 4 is 24.4 Å². The molecule has 0 bridgehead atoms. The van der Waals surface area contributed by atoms with Crippen molar-refractivity contribution in [3.05, 3.63) is 116 Å². The summed E-state index contributed by atoms with van der Waals surface area (Å²) in [6, 6.07) is 23.9. The smallest absolute Gasteiger partial charge is 0.0565 e. The van der Waals surface area contributed by atoms with Gasteiger partial charge in [-0.1, -0.05) is 0 Å². The van der Waals surface area contributed by atoms with Crippen molar-refractivity contribution in [2.75, 3.05) is 0 Å². The molecule has 2 heterocycles. The number of amides is 1. The van der Waals surface area contributed by atoms with Crippen LogP contribution in [-0.2, 0) is 16.2 Å². The molecule has 0 aliphatic rings. The molecule has 0 saturated heterocycles. The van der Waals surface area contributed by atoms with Gasteiger partial charge < -0.3 is 0 Å². The summed E-state index contributed by atoms with van der Waals surface area (Å²) in [5.74, 6) is -0.984. The summed E-state index contributed by atoms with van der Waals surface area (Å²) < 4.78 is 35.5. The summed E-state index contributed by atoms with van der Waals surface area (Å²) in [4.78, 5) is 15.1. The molecule has 11 heteroatoms. The van der Waals surface area contributed by atoms with E-state index < -0.39 is 20.1 Å². The molecule has 3 aromatic carbocycles. The molecule has 5 rings (SSSR count). The predicted molar refractivity (Wildman–Crippen MR) is 144 cm³/mol. The van der Waals surface area contributed by atoms with Crippen LogP contribution in [0.2, 0.25) is 0 Å². The topological polar surface area (TPSA) is 126 Å². The second-order valence-corrected chi connectivity index (χ2v) is 12.1. The van der Waals surface area contributed by atoms with E-state index in [2.05, 4.69) is 19.1 Å². The summed E-state index contributed by atoms with van der Waals surface area (Å²) in [7, 11) is 0. The number of rotatable bonds is 7. The van der Waals surface area contributed by atoms with Crippen LogP contribution >= 0.6 is 0 Å². The standard InChI is InChI=1S/C20H17AsFNO5.C8H7N3/c1-14(24)23-27-21(25,28-26)19-12-17(15-5-3-2-4-6-15)11-18(13-19)16-7-9-20(22)10-8-16;1-3-9-4-2-7(1)8-5-10-11-6-8/h2-13,26H,1H3,(H,23,24);1-6H,(H,10,11). The zero-order valence-electron chi connectivity index (χ0n) is 20.7. The number of halogens is 1. The number of aromatic amines is 1. The Bertz CT molecular complexity index is 1550. The SMILES string of the molecule is CC(=O)NO[As](=O)(OO)c1cc(-c2ccccc2)cc(-c2ccc(F)cc2)c1.c1cc(-c2cn[nH]c2)ccn1. The summed E-state index contributed by atoms with van der Waals surface area (Å²) in [5.41, 5.74) is 6.96. The van der Waals surface area contributed by atoms with Crippen LogP contribution < -0.4 is 9.83 Å². The molecule has 198 valence electrons. The van der Waals surface area contributed by atoms with Crippen molar-refractivity contribution < 1.29 is 25.9 Å². The molecule has 0 saturated carbocycles. The maximum atomic E-state index is 13.3. The van der Waals surface area contributed by atoms with Gasteiger partial charge in [0.1, 0.15) is 0 Å². The first-order valence-electron chi connectivity index (χ1n) is 11.6. The molecule has 9 nitrogen and oxygen atoms in total. The van der Waals surface area contributed by atoms with E-state index in [1.807, 2.05) is 60.2 Å². The number of benzene rings is 3. The summed E-state index contributed by atoms with van der Waals surface area (Å²) in [5, 5.41) is 15.9. The van der Waals surface area contributed by atoms with Crippen LogP contribution in [0.3, 0.4) is 0 Å². The van der Waals surface area contributed by atoms with Crippen LogP contribution in [0.5, 0.6) is 0 Å². The van der Waals surface area contributed by atoms with Crippen molar-refractivity contribution in [3.63, 3.8) is 0 Å². The number of carbonyl (C=O) groups is 1. The summed E-state index contributed by atoms with van der Waals surface area (Å²) in [6.45, 7) is 1.17. The molecule has 1 amide bonds. The van der Waals surface area contributed by atoms with Gasteiger partial charge in [-0.05, 0) is 17.7 Å². The van der Waals surface area contributed by atoms with Crippen molar-refractivity contribution in [1.29, 1.82) is 0 Å².